The first kappa shape index (κ1) is 28.5. The maximum atomic E-state index is 15.4. The zero-order chi connectivity index (χ0) is 28.3. The van der Waals surface area contributed by atoms with E-state index >= 15 is 4.39 Å². The van der Waals surface area contributed by atoms with Gasteiger partial charge in [-0.05, 0) is 48.9 Å². The fraction of sp³-hybridized carbons (Fsp3) is 0.192. The van der Waals surface area contributed by atoms with E-state index in [1.165, 1.54) is 26.5 Å². The lowest BCUT2D eigenvalue weighted by Gasteiger charge is -2.24. The normalized spacial score (nSPS) is 12.2. The molecule has 1 aromatic heterocycles. The summed E-state index contributed by atoms with van der Waals surface area (Å²) in [5.74, 6) is -2.21. The van der Waals surface area contributed by atoms with Crippen LogP contribution in [-0.4, -0.2) is 27.6 Å². The first-order valence-corrected chi connectivity index (χ1v) is 14.1. The molecule has 0 radical (unpaired) electrons. The van der Waals surface area contributed by atoms with Crippen LogP contribution in [0.3, 0.4) is 0 Å². The van der Waals surface area contributed by atoms with Crippen LogP contribution in [0.15, 0.2) is 65.0 Å². The second kappa shape index (κ2) is 11.7. The first-order chi connectivity index (χ1) is 18.5. The van der Waals surface area contributed by atoms with E-state index in [2.05, 4.69) is 10.3 Å². The summed E-state index contributed by atoms with van der Waals surface area (Å²) in [5, 5.41) is 4.52. The molecule has 4 aromatic rings. The van der Waals surface area contributed by atoms with Crippen molar-refractivity contribution < 1.29 is 31.1 Å². The minimum atomic E-state index is -4.51. The fourth-order valence-corrected chi connectivity index (χ4v) is 6.41. The van der Waals surface area contributed by atoms with Crippen LogP contribution in [0.4, 0.5) is 24.0 Å². The molecule has 1 atom stereocenters. The Labute approximate surface area is 232 Å². The van der Waals surface area contributed by atoms with Crippen molar-refractivity contribution in [2.75, 3.05) is 23.8 Å². The first-order valence-electron chi connectivity index (χ1n) is 11.4. The van der Waals surface area contributed by atoms with Crippen molar-refractivity contribution in [2.24, 2.45) is 0 Å². The third-order valence-electron chi connectivity index (χ3n) is 5.85. The highest BCUT2D eigenvalue weighted by Gasteiger charge is 2.32. The quantitative estimate of drug-likeness (QED) is 0.217. The van der Waals surface area contributed by atoms with Crippen LogP contribution < -0.4 is 19.1 Å². The molecule has 13 heteroatoms. The monoisotopic (exact) mass is 597 g/mol. The molecule has 7 nitrogen and oxygen atoms in total. The van der Waals surface area contributed by atoms with Crippen molar-refractivity contribution in [2.45, 2.75) is 24.4 Å². The smallest absolute Gasteiger partial charge is 0.269 e. The highest BCUT2D eigenvalue weighted by molar-refractivity contribution is 7.93. The summed E-state index contributed by atoms with van der Waals surface area (Å²) in [7, 11) is -1.58. The number of benzene rings is 3. The van der Waals surface area contributed by atoms with E-state index < -0.39 is 38.4 Å². The van der Waals surface area contributed by atoms with Gasteiger partial charge in [-0.2, -0.15) is 0 Å². The van der Waals surface area contributed by atoms with E-state index in [0.717, 1.165) is 39.9 Å². The Morgan fingerprint density at radius 2 is 1.79 bits per heavy atom. The summed E-state index contributed by atoms with van der Waals surface area (Å²) < 4.78 is 81.5. The summed E-state index contributed by atoms with van der Waals surface area (Å²) in [6.45, 7) is 1.42. The number of nitrogens with zero attached hydrogens (tertiary/aromatic N) is 2. The summed E-state index contributed by atoms with van der Waals surface area (Å²) in [6.07, 6.45) is 1.43. The number of ether oxygens (including phenoxy) is 2. The minimum Gasteiger partial charge on any atom is -0.497 e. The molecule has 0 aliphatic carbocycles. The Kier molecular flexibility index (Phi) is 8.57. The largest absolute Gasteiger partial charge is 0.497 e. The number of halogens is 4. The molecule has 0 aliphatic rings. The lowest BCUT2D eigenvalue weighted by Crippen LogP contribution is -2.31. The molecule has 0 aliphatic heterocycles. The van der Waals surface area contributed by atoms with Gasteiger partial charge in [0.05, 0.1) is 31.5 Å². The standard InChI is InChI=1S/C26H23ClF3N3O4S2/c1-15(16-5-7-20(28)21(29)10-16)32-23-13-22(30)25(12-19(23)27)39(34,35)33(26-31-8-9-38-26)14-17-4-6-18(36-2)11-24(17)37-3/h4-13,15,32H,14H2,1-3H3/t15-/m0/s1. The average molecular weight is 598 g/mol. The van der Waals surface area contributed by atoms with Gasteiger partial charge in [-0.25, -0.2) is 30.9 Å². The lowest BCUT2D eigenvalue weighted by molar-refractivity contribution is 0.391. The van der Waals surface area contributed by atoms with Gasteiger partial charge in [-0.1, -0.05) is 17.7 Å². The Balaban J connectivity index is 1.69. The molecule has 0 bridgehead atoms. The zero-order valence-corrected chi connectivity index (χ0v) is 23.3. The molecule has 1 N–H and O–H groups in total. The van der Waals surface area contributed by atoms with Crippen molar-refractivity contribution in [1.82, 2.24) is 4.98 Å². The topological polar surface area (TPSA) is 80.8 Å². The number of thiazole rings is 1. The van der Waals surface area contributed by atoms with E-state index in [4.69, 9.17) is 21.1 Å². The van der Waals surface area contributed by atoms with Crippen LogP contribution in [0.25, 0.3) is 0 Å². The van der Waals surface area contributed by atoms with Gasteiger partial charge in [-0.3, -0.25) is 0 Å². The molecule has 0 fully saturated rings. The fourth-order valence-electron chi connectivity index (χ4n) is 3.79. The number of nitrogens with one attached hydrogen (secondary N) is 1. The molecule has 0 saturated heterocycles. The van der Waals surface area contributed by atoms with Crippen LogP contribution >= 0.6 is 22.9 Å². The second-order valence-electron chi connectivity index (χ2n) is 8.31. The van der Waals surface area contributed by atoms with E-state index in [1.54, 1.807) is 30.5 Å². The minimum absolute atomic E-state index is 0.0722. The molecule has 0 unspecified atom stereocenters. The van der Waals surface area contributed by atoms with Gasteiger partial charge in [-0.15, -0.1) is 11.3 Å². The number of sulfonamides is 1. The molecule has 4 rings (SSSR count). The van der Waals surface area contributed by atoms with Crippen molar-refractivity contribution in [3.8, 4) is 11.5 Å². The highest BCUT2D eigenvalue weighted by atomic mass is 35.5. The number of aromatic nitrogens is 1. The van der Waals surface area contributed by atoms with Gasteiger partial charge in [0.1, 0.15) is 22.2 Å². The molecule has 0 saturated carbocycles. The van der Waals surface area contributed by atoms with Crippen molar-refractivity contribution in [3.63, 3.8) is 0 Å². The van der Waals surface area contributed by atoms with Crippen molar-refractivity contribution >= 4 is 43.8 Å². The SMILES string of the molecule is COc1ccc(CN(c2nccs2)S(=O)(=O)c2cc(Cl)c(N[C@@H](C)c3ccc(F)c(F)c3)cc2F)c(OC)c1. The number of rotatable bonds is 10. The molecule has 3 aromatic carbocycles. The highest BCUT2D eigenvalue weighted by Crippen LogP contribution is 2.36. The number of hydrogen-bond donors (Lipinski definition) is 1. The summed E-state index contributed by atoms with van der Waals surface area (Å²) in [5.41, 5.74) is 0.940. The summed E-state index contributed by atoms with van der Waals surface area (Å²) in [6, 6.07) is 9.60. The lowest BCUT2D eigenvalue weighted by atomic mass is 10.1. The number of hydrogen-bond acceptors (Lipinski definition) is 7. The van der Waals surface area contributed by atoms with Crippen molar-refractivity contribution in [3.05, 3.63) is 93.7 Å². The predicted octanol–water partition coefficient (Wildman–Crippen LogP) is 6.80. The molecular weight excluding hydrogens is 575 g/mol. The Morgan fingerprint density at radius 1 is 1.03 bits per heavy atom. The average Bonchev–Trinajstić information content (AvgIpc) is 3.44. The summed E-state index contributed by atoms with van der Waals surface area (Å²) in [4.78, 5) is 3.46. The molecule has 1 heterocycles. The maximum absolute atomic E-state index is 15.4. The second-order valence-corrected chi connectivity index (χ2v) is 11.4. The van der Waals surface area contributed by atoms with E-state index in [0.29, 0.717) is 22.6 Å². The van der Waals surface area contributed by atoms with Crippen LogP contribution in [0.5, 0.6) is 11.5 Å². The summed E-state index contributed by atoms with van der Waals surface area (Å²) >= 11 is 7.43. The van der Waals surface area contributed by atoms with Crippen LogP contribution in [0.1, 0.15) is 24.1 Å². The van der Waals surface area contributed by atoms with Gasteiger partial charge >= 0.3 is 0 Å². The molecule has 0 spiro atoms. The van der Waals surface area contributed by atoms with Gasteiger partial charge in [0.15, 0.2) is 16.8 Å². The molecular formula is C26H23ClF3N3O4S2. The van der Waals surface area contributed by atoms with Crippen LogP contribution in [-0.2, 0) is 16.6 Å². The molecule has 206 valence electrons. The Morgan fingerprint density at radius 3 is 2.44 bits per heavy atom. The third kappa shape index (κ3) is 6.07. The van der Waals surface area contributed by atoms with Gasteiger partial charge < -0.3 is 14.8 Å². The molecule has 0 amide bonds. The van der Waals surface area contributed by atoms with E-state index in [1.807, 2.05) is 0 Å². The third-order valence-corrected chi connectivity index (χ3v) is 8.82. The maximum Gasteiger partial charge on any atom is 0.269 e. The van der Waals surface area contributed by atoms with Gasteiger partial charge in [0.25, 0.3) is 10.0 Å². The molecule has 39 heavy (non-hydrogen) atoms. The van der Waals surface area contributed by atoms with E-state index in [9.17, 15) is 17.2 Å². The number of methoxy groups -OCH3 is 2. The van der Waals surface area contributed by atoms with Gasteiger partial charge in [0.2, 0.25) is 0 Å². The van der Waals surface area contributed by atoms with Gasteiger partial charge in [0, 0.05) is 29.2 Å². The Hall–Kier alpha value is -3.48. The number of anilines is 2. The predicted molar refractivity (Wildman–Crippen MR) is 145 cm³/mol. The van der Waals surface area contributed by atoms with Crippen LogP contribution in [0, 0.1) is 17.5 Å². The zero-order valence-electron chi connectivity index (χ0n) is 20.9. The Bertz CT molecular complexity index is 1590. The van der Waals surface area contributed by atoms with Crippen LogP contribution in [0.2, 0.25) is 5.02 Å². The van der Waals surface area contributed by atoms with E-state index in [-0.39, 0.29) is 22.4 Å². The van der Waals surface area contributed by atoms with Crippen molar-refractivity contribution in [1.29, 1.82) is 0 Å².